The van der Waals surface area contributed by atoms with Crippen LogP contribution in [-0.4, -0.2) is 28.9 Å². The summed E-state index contributed by atoms with van der Waals surface area (Å²) in [6, 6.07) is 0.882. The monoisotopic (exact) mass is 319 g/mol. The molecule has 0 aliphatic rings. The number of carboxylic acid groups (broad SMARTS) is 1. The number of carbonyl (C=O) groups is 2. The molecule has 0 spiro atoms. The molecule has 6 heteroatoms. The topological polar surface area (TPSA) is 57.6 Å². The Bertz CT molecular complexity index is 399. The van der Waals surface area contributed by atoms with Gasteiger partial charge < -0.3 is 10.0 Å². The molecule has 94 valence electrons. The second-order valence-corrected chi connectivity index (χ2v) is 5.78. The number of amides is 1. The van der Waals surface area contributed by atoms with E-state index in [-0.39, 0.29) is 0 Å². The Hall–Kier alpha value is -0.880. The molecule has 1 aromatic heterocycles. The summed E-state index contributed by atoms with van der Waals surface area (Å²) >= 11 is 4.75. The number of aliphatic carboxylic acids is 1. The third-order valence-electron chi connectivity index (χ3n) is 2.33. The van der Waals surface area contributed by atoms with Gasteiger partial charge in [0.2, 0.25) is 6.41 Å². The average molecular weight is 320 g/mol. The lowest BCUT2D eigenvalue weighted by Crippen LogP contribution is -2.33. The molecular formula is C11H14BrNO3S. The lowest BCUT2D eigenvalue weighted by Gasteiger charge is -2.23. The molecule has 0 aliphatic heterocycles. The van der Waals surface area contributed by atoms with Crippen molar-refractivity contribution >= 4 is 39.6 Å². The minimum absolute atomic E-state index is 0.440. The van der Waals surface area contributed by atoms with Crippen LogP contribution in [0.4, 0.5) is 0 Å². The Labute approximate surface area is 112 Å². The van der Waals surface area contributed by atoms with Gasteiger partial charge >= 0.3 is 5.97 Å². The van der Waals surface area contributed by atoms with Gasteiger partial charge in [0.05, 0.1) is 0 Å². The molecule has 0 fully saturated rings. The predicted molar refractivity (Wildman–Crippen MR) is 70.2 cm³/mol. The summed E-state index contributed by atoms with van der Waals surface area (Å²) < 4.78 is 0.881. The predicted octanol–water partition coefficient (Wildman–Crippen LogP) is 2.81. The van der Waals surface area contributed by atoms with Crippen LogP contribution in [0.15, 0.2) is 10.5 Å². The molecule has 0 saturated carbocycles. The third-order valence-corrected chi connectivity index (χ3v) is 4.52. The summed E-state index contributed by atoms with van der Waals surface area (Å²) in [5.41, 5.74) is 0. The number of carbonyl (C=O) groups excluding carboxylic acids is 1. The number of halogens is 1. The number of hydrogen-bond acceptors (Lipinski definition) is 3. The van der Waals surface area contributed by atoms with Crippen molar-refractivity contribution in [3.05, 3.63) is 20.3 Å². The van der Waals surface area contributed by atoms with Crippen LogP contribution in [0.5, 0.6) is 0 Å². The summed E-state index contributed by atoms with van der Waals surface area (Å²) in [5, 5.41) is 9.25. The second kappa shape index (κ2) is 6.16. The van der Waals surface area contributed by atoms with Crippen LogP contribution >= 0.6 is 27.3 Å². The Morgan fingerprint density at radius 2 is 2.35 bits per heavy atom. The Morgan fingerprint density at radius 3 is 2.71 bits per heavy atom. The largest absolute Gasteiger partial charge is 0.479 e. The first-order chi connectivity index (χ1) is 8.01. The standard InChI is InChI=1S/C11H14BrNO3S/c1-3-4-13(6-14)10(11(15)16)9-5-8(12)7(2)17-9/h5-6,10H,3-4H2,1-2H3,(H,15,16). The van der Waals surface area contributed by atoms with Crippen LogP contribution in [0.2, 0.25) is 0 Å². The molecule has 0 saturated heterocycles. The maximum Gasteiger partial charge on any atom is 0.331 e. The maximum atomic E-state index is 11.3. The van der Waals surface area contributed by atoms with Gasteiger partial charge in [-0.2, -0.15) is 0 Å². The number of nitrogens with zero attached hydrogens (tertiary/aromatic N) is 1. The summed E-state index contributed by atoms with van der Waals surface area (Å²) in [4.78, 5) is 25.2. The van der Waals surface area contributed by atoms with Crippen LogP contribution in [-0.2, 0) is 9.59 Å². The van der Waals surface area contributed by atoms with Gasteiger partial charge in [0.1, 0.15) is 0 Å². The minimum atomic E-state index is -1.00. The van der Waals surface area contributed by atoms with Gasteiger partial charge in [0.25, 0.3) is 0 Å². The van der Waals surface area contributed by atoms with Crippen molar-refractivity contribution in [2.45, 2.75) is 26.3 Å². The minimum Gasteiger partial charge on any atom is -0.479 e. The van der Waals surface area contributed by atoms with Crippen molar-refractivity contribution in [1.82, 2.24) is 4.90 Å². The fourth-order valence-electron chi connectivity index (χ4n) is 1.54. The van der Waals surface area contributed by atoms with Gasteiger partial charge in [-0.1, -0.05) is 6.92 Å². The molecule has 1 N–H and O–H groups in total. The summed E-state index contributed by atoms with van der Waals surface area (Å²) in [7, 11) is 0. The number of aryl methyl sites for hydroxylation is 1. The zero-order chi connectivity index (χ0) is 13.0. The lowest BCUT2D eigenvalue weighted by atomic mass is 10.2. The van der Waals surface area contributed by atoms with Crippen molar-refractivity contribution < 1.29 is 14.7 Å². The van der Waals surface area contributed by atoms with E-state index < -0.39 is 12.0 Å². The van der Waals surface area contributed by atoms with Gasteiger partial charge in [0.15, 0.2) is 6.04 Å². The fraction of sp³-hybridized carbons (Fsp3) is 0.455. The van der Waals surface area contributed by atoms with E-state index in [0.717, 1.165) is 15.8 Å². The Balaban J connectivity index is 3.07. The highest BCUT2D eigenvalue weighted by atomic mass is 79.9. The highest BCUT2D eigenvalue weighted by Crippen LogP contribution is 2.33. The number of hydrogen-bond donors (Lipinski definition) is 1. The molecule has 0 radical (unpaired) electrons. The van der Waals surface area contributed by atoms with Gasteiger partial charge in [-0.05, 0) is 35.3 Å². The van der Waals surface area contributed by atoms with E-state index in [2.05, 4.69) is 15.9 Å². The van der Waals surface area contributed by atoms with E-state index in [0.29, 0.717) is 17.8 Å². The first-order valence-electron chi connectivity index (χ1n) is 5.21. The molecule has 1 amide bonds. The molecule has 1 atom stereocenters. The highest BCUT2D eigenvalue weighted by molar-refractivity contribution is 9.10. The van der Waals surface area contributed by atoms with Crippen molar-refractivity contribution in [2.75, 3.05) is 6.54 Å². The molecule has 0 bridgehead atoms. The third kappa shape index (κ3) is 3.29. The van der Waals surface area contributed by atoms with Crippen LogP contribution in [0.25, 0.3) is 0 Å². The van der Waals surface area contributed by atoms with Gasteiger partial charge in [-0.15, -0.1) is 11.3 Å². The van der Waals surface area contributed by atoms with Crippen LogP contribution in [0, 0.1) is 6.92 Å². The first-order valence-corrected chi connectivity index (χ1v) is 6.81. The molecule has 1 rings (SSSR count). The zero-order valence-electron chi connectivity index (χ0n) is 9.64. The Morgan fingerprint density at radius 1 is 1.71 bits per heavy atom. The van der Waals surface area contributed by atoms with E-state index in [4.69, 9.17) is 0 Å². The number of rotatable bonds is 6. The van der Waals surface area contributed by atoms with Gasteiger partial charge in [-0.3, -0.25) is 4.79 Å². The summed E-state index contributed by atoms with van der Waals surface area (Å²) in [6.07, 6.45) is 1.33. The van der Waals surface area contributed by atoms with Crippen molar-refractivity contribution in [1.29, 1.82) is 0 Å². The molecule has 0 aliphatic carbocycles. The lowest BCUT2D eigenvalue weighted by molar-refractivity contribution is -0.146. The molecule has 1 heterocycles. The highest BCUT2D eigenvalue weighted by Gasteiger charge is 2.28. The number of thiophene rings is 1. The fourth-order valence-corrected chi connectivity index (χ4v) is 3.22. The van der Waals surface area contributed by atoms with Crippen molar-refractivity contribution in [2.24, 2.45) is 0 Å². The van der Waals surface area contributed by atoms with Crippen LogP contribution in [0.3, 0.4) is 0 Å². The normalized spacial score (nSPS) is 12.2. The second-order valence-electron chi connectivity index (χ2n) is 3.64. The van der Waals surface area contributed by atoms with E-state index in [1.165, 1.54) is 16.2 Å². The first kappa shape index (κ1) is 14.2. The van der Waals surface area contributed by atoms with Crippen molar-refractivity contribution in [3.8, 4) is 0 Å². The van der Waals surface area contributed by atoms with E-state index in [1.807, 2.05) is 13.8 Å². The van der Waals surface area contributed by atoms with Gasteiger partial charge in [-0.25, -0.2) is 4.79 Å². The number of carboxylic acids is 1. The van der Waals surface area contributed by atoms with E-state index >= 15 is 0 Å². The molecule has 1 aromatic rings. The maximum absolute atomic E-state index is 11.3. The van der Waals surface area contributed by atoms with Crippen LogP contribution < -0.4 is 0 Å². The molecule has 0 aromatic carbocycles. The zero-order valence-corrected chi connectivity index (χ0v) is 12.0. The molecular weight excluding hydrogens is 306 g/mol. The molecule has 4 nitrogen and oxygen atoms in total. The van der Waals surface area contributed by atoms with E-state index in [9.17, 15) is 14.7 Å². The average Bonchev–Trinajstić information content (AvgIpc) is 2.57. The van der Waals surface area contributed by atoms with Gasteiger partial charge in [0, 0.05) is 20.8 Å². The molecule has 17 heavy (non-hydrogen) atoms. The van der Waals surface area contributed by atoms with Crippen LogP contribution in [0.1, 0.15) is 29.1 Å². The molecule has 1 unspecified atom stereocenters. The summed E-state index contributed by atoms with van der Waals surface area (Å²) in [6.45, 7) is 4.25. The van der Waals surface area contributed by atoms with E-state index in [1.54, 1.807) is 6.07 Å². The summed E-state index contributed by atoms with van der Waals surface area (Å²) in [5.74, 6) is -1.00. The quantitative estimate of drug-likeness (QED) is 0.820. The smallest absolute Gasteiger partial charge is 0.331 e. The SMILES string of the molecule is CCCN(C=O)C(C(=O)O)c1cc(Br)c(C)s1. The Kier molecular flexibility index (Phi) is 5.14. The van der Waals surface area contributed by atoms with Crippen molar-refractivity contribution in [3.63, 3.8) is 0 Å².